The second-order valence-electron chi connectivity index (χ2n) is 3.82. The molecule has 0 unspecified atom stereocenters. The average Bonchev–Trinajstić information content (AvgIpc) is 2.39. The Balaban J connectivity index is 2.38. The van der Waals surface area contributed by atoms with E-state index in [2.05, 4.69) is 4.98 Å². The monoisotopic (exact) mass is 261 g/mol. The van der Waals surface area contributed by atoms with Gasteiger partial charge in [0.05, 0.1) is 13.2 Å². The van der Waals surface area contributed by atoms with Crippen LogP contribution in [0.2, 0.25) is 0 Å². The third kappa shape index (κ3) is 2.83. The van der Waals surface area contributed by atoms with Crippen molar-refractivity contribution in [2.45, 2.75) is 22.9 Å². The van der Waals surface area contributed by atoms with Gasteiger partial charge in [0.1, 0.15) is 10.8 Å². The first kappa shape index (κ1) is 12.9. The van der Waals surface area contributed by atoms with Crippen LogP contribution in [0, 0.1) is 0 Å². The molecule has 4 heteroatoms. The number of aliphatic hydroxyl groups is 1. The second kappa shape index (κ2) is 5.89. The lowest BCUT2D eigenvalue weighted by molar-refractivity contribution is 0.191. The molecule has 3 nitrogen and oxygen atoms in total. The molecule has 1 N–H and O–H groups in total. The van der Waals surface area contributed by atoms with E-state index in [9.17, 15) is 5.11 Å². The summed E-state index contributed by atoms with van der Waals surface area (Å²) in [6.45, 7) is 1.74. The van der Waals surface area contributed by atoms with Crippen molar-refractivity contribution in [3.63, 3.8) is 0 Å². The number of methoxy groups -OCH3 is 1. The third-order valence-electron chi connectivity index (χ3n) is 2.52. The molecule has 1 heterocycles. The molecule has 0 saturated carbocycles. The fourth-order valence-electron chi connectivity index (χ4n) is 1.72. The summed E-state index contributed by atoms with van der Waals surface area (Å²) >= 11 is 1.52. The summed E-state index contributed by atoms with van der Waals surface area (Å²) in [5.74, 6) is 0.700. The van der Waals surface area contributed by atoms with Crippen LogP contribution in [0.3, 0.4) is 0 Å². The maximum absolute atomic E-state index is 9.88. The minimum absolute atomic E-state index is 0.577. The van der Waals surface area contributed by atoms with Crippen molar-refractivity contribution in [1.29, 1.82) is 0 Å². The van der Waals surface area contributed by atoms with E-state index in [4.69, 9.17) is 4.74 Å². The lowest BCUT2D eigenvalue weighted by atomic mass is 10.1. The summed E-state index contributed by atoms with van der Waals surface area (Å²) < 4.78 is 5.29. The summed E-state index contributed by atoms with van der Waals surface area (Å²) in [4.78, 5) is 5.23. The van der Waals surface area contributed by atoms with E-state index >= 15 is 0 Å². The highest BCUT2D eigenvalue weighted by Gasteiger charge is 2.15. The van der Waals surface area contributed by atoms with Crippen LogP contribution >= 0.6 is 11.8 Å². The number of benzene rings is 1. The van der Waals surface area contributed by atoms with E-state index in [1.54, 1.807) is 20.2 Å². The van der Waals surface area contributed by atoms with Crippen LogP contribution in [0.4, 0.5) is 0 Å². The van der Waals surface area contributed by atoms with Crippen LogP contribution < -0.4 is 4.74 Å². The number of ether oxygens (including phenoxy) is 1. The largest absolute Gasteiger partial charge is 0.496 e. The summed E-state index contributed by atoms with van der Waals surface area (Å²) in [5, 5.41) is 10.8. The topological polar surface area (TPSA) is 42.4 Å². The van der Waals surface area contributed by atoms with Gasteiger partial charge in [0.25, 0.3) is 0 Å². The fraction of sp³-hybridized carbons (Fsp3) is 0.214. The predicted molar refractivity (Wildman–Crippen MR) is 72.0 cm³/mol. The van der Waals surface area contributed by atoms with Gasteiger partial charge in [-0.15, -0.1) is 0 Å². The molecular formula is C14H15NO2S. The Labute approximate surface area is 111 Å². The first-order valence-corrected chi connectivity index (χ1v) is 6.48. The highest BCUT2D eigenvalue weighted by atomic mass is 32.2. The molecule has 0 spiro atoms. The number of nitrogens with zero attached hydrogens (tertiary/aromatic N) is 1. The molecule has 1 aromatic heterocycles. The van der Waals surface area contributed by atoms with Gasteiger partial charge in [-0.05, 0) is 31.2 Å². The Morgan fingerprint density at radius 2 is 2.06 bits per heavy atom. The lowest BCUT2D eigenvalue weighted by Crippen LogP contribution is -1.98. The van der Waals surface area contributed by atoms with Crippen molar-refractivity contribution in [2.24, 2.45) is 0 Å². The van der Waals surface area contributed by atoms with Crippen LogP contribution in [0.25, 0.3) is 0 Å². The number of aliphatic hydroxyl groups excluding tert-OH is 1. The number of pyridine rings is 1. The van der Waals surface area contributed by atoms with Gasteiger partial charge in [0.15, 0.2) is 0 Å². The molecule has 0 aliphatic rings. The Morgan fingerprint density at radius 3 is 2.67 bits per heavy atom. The van der Waals surface area contributed by atoms with Crippen molar-refractivity contribution >= 4 is 11.8 Å². The van der Waals surface area contributed by atoms with E-state index < -0.39 is 6.10 Å². The molecule has 2 aromatic rings. The maximum Gasteiger partial charge on any atom is 0.125 e. The molecule has 0 bridgehead atoms. The van der Waals surface area contributed by atoms with Crippen LogP contribution in [-0.2, 0) is 0 Å². The normalized spacial score (nSPS) is 12.2. The van der Waals surface area contributed by atoms with E-state index in [0.29, 0.717) is 5.75 Å². The smallest absolute Gasteiger partial charge is 0.125 e. The minimum atomic E-state index is -0.577. The first-order chi connectivity index (χ1) is 8.72. The van der Waals surface area contributed by atoms with Crippen molar-refractivity contribution in [1.82, 2.24) is 4.98 Å². The van der Waals surface area contributed by atoms with Crippen LogP contribution in [0.1, 0.15) is 18.6 Å². The van der Waals surface area contributed by atoms with Crippen molar-refractivity contribution in [3.8, 4) is 5.75 Å². The summed E-state index contributed by atoms with van der Waals surface area (Å²) in [6, 6.07) is 11.5. The molecule has 94 valence electrons. The van der Waals surface area contributed by atoms with Crippen LogP contribution in [0.15, 0.2) is 52.5 Å². The van der Waals surface area contributed by atoms with Gasteiger partial charge < -0.3 is 9.84 Å². The van der Waals surface area contributed by atoms with Gasteiger partial charge in [0.2, 0.25) is 0 Å². The Morgan fingerprint density at radius 1 is 1.22 bits per heavy atom. The van der Waals surface area contributed by atoms with Crippen molar-refractivity contribution < 1.29 is 9.84 Å². The molecule has 0 aliphatic heterocycles. The highest BCUT2D eigenvalue weighted by Crippen LogP contribution is 2.37. The molecule has 0 amide bonds. The lowest BCUT2D eigenvalue weighted by Gasteiger charge is -2.15. The molecule has 0 saturated heterocycles. The number of hydrogen-bond acceptors (Lipinski definition) is 4. The highest BCUT2D eigenvalue weighted by molar-refractivity contribution is 7.99. The van der Waals surface area contributed by atoms with E-state index in [1.165, 1.54) is 11.8 Å². The summed E-state index contributed by atoms with van der Waals surface area (Å²) in [5.41, 5.74) is 0.802. The fourth-order valence-corrected chi connectivity index (χ4v) is 2.74. The number of aromatic nitrogens is 1. The summed E-state index contributed by atoms with van der Waals surface area (Å²) in [6.07, 6.45) is 1.18. The average molecular weight is 261 g/mol. The molecule has 0 aliphatic carbocycles. The van der Waals surface area contributed by atoms with E-state index in [-0.39, 0.29) is 0 Å². The van der Waals surface area contributed by atoms with Gasteiger partial charge >= 0.3 is 0 Å². The molecule has 0 fully saturated rings. The van der Waals surface area contributed by atoms with E-state index in [1.807, 2.05) is 36.4 Å². The molecule has 1 atom stereocenters. The zero-order chi connectivity index (χ0) is 13.0. The van der Waals surface area contributed by atoms with Gasteiger partial charge in [-0.25, -0.2) is 4.98 Å². The zero-order valence-corrected chi connectivity index (χ0v) is 11.1. The Bertz CT molecular complexity index is 514. The van der Waals surface area contributed by atoms with Crippen molar-refractivity contribution in [2.75, 3.05) is 7.11 Å². The molecule has 2 rings (SSSR count). The summed E-state index contributed by atoms with van der Waals surface area (Å²) in [7, 11) is 1.61. The van der Waals surface area contributed by atoms with Crippen molar-refractivity contribution in [3.05, 3.63) is 48.2 Å². The zero-order valence-electron chi connectivity index (χ0n) is 10.3. The van der Waals surface area contributed by atoms with Gasteiger partial charge in [-0.2, -0.15) is 0 Å². The van der Waals surface area contributed by atoms with Gasteiger partial charge in [-0.1, -0.05) is 23.9 Å². The molecular weight excluding hydrogens is 246 g/mol. The number of rotatable bonds is 4. The maximum atomic E-state index is 9.88. The molecule has 1 aromatic carbocycles. The first-order valence-electron chi connectivity index (χ1n) is 5.66. The van der Waals surface area contributed by atoms with Gasteiger partial charge in [-0.3, -0.25) is 0 Å². The minimum Gasteiger partial charge on any atom is -0.496 e. The van der Waals surface area contributed by atoms with Crippen LogP contribution in [-0.4, -0.2) is 17.2 Å². The molecule has 0 radical (unpaired) electrons. The Hall–Kier alpha value is -1.52. The quantitative estimate of drug-likeness (QED) is 0.917. The van der Waals surface area contributed by atoms with E-state index in [0.717, 1.165) is 15.5 Å². The van der Waals surface area contributed by atoms with Crippen LogP contribution in [0.5, 0.6) is 5.75 Å². The predicted octanol–water partition coefficient (Wildman–Crippen LogP) is 3.29. The standard InChI is InChI=1S/C14H15NO2S/c1-10(16)14-11(17-2)6-5-7-12(14)18-13-8-3-4-9-15-13/h3-10,16H,1-2H3/t10-/m0/s1. The number of hydrogen-bond donors (Lipinski definition) is 1. The third-order valence-corrected chi connectivity index (χ3v) is 3.54. The van der Waals surface area contributed by atoms with Gasteiger partial charge in [0, 0.05) is 16.7 Å². The second-order valence-corrected chi connectivity index (χ2v) is 4.88. The Kier molecular flexibility index (Phi) is 4.23. The SMILES string of the molecule is COc1cccc(Sc2ccccn2)c1[C@H](C)O. The molecule has 18 heavy (non-hydrogen) atoms.